The topological polar surface area (TPSA) is 103 Å². The van der Waals surface area contributed by atoms with E-state index < -0.39 is 5.25 Å². The van der Waals surface area contributed by atoms with Crippen LogP contribution >= 0.6 is 23.1 Å². The fraction of sp³-hybridized carbons (Fsp3) is 0.368. The van der Waals surface area contributed by atoms with Crippen LogP contribution < -0.4 is 16.2 Å². The molecule has 1 atom stereocenters. The fourth-order valence-corrected chi connectivity index (χ4v) is 4.65. The lowest BCUT2D eigenvalue weighted by Gasteiger charge is -2.09. The van der Waals surface area contributed by atoms with Crippen LogP contribution in [-0.4, -0.2) is 51.0 Å². The van der Waals surface area contributed by atoms with Crippen molar-refractivity contribution >= 4 is 39.8 Å². The molecule has 9 nitrogen and oxygen atoms in total. The van der Waals surface area contributed by atoms with Crippen LogP contribution in [0, 0.1) is 6.92 Å². The van der Waals surface area contributed by atoms with Crippen molar-refractivity contribution in [2.45, 2.75) is 23.4 Å². The van der Waals surface area contributed by atoms with Crippen LogP contribution in [0.1, 0.15) is 12.6 Å². The van der Waals surface area contributed by atoms with Gasteiger partial charge in [-0.2, -0.15) is 0 Å². The van der Waals surface area contributed by atoms with Crippen molar-refractivity contribution in [2.75, 3.05) is 30.9 Å². The van der Waals surface area contributed by atoms with Crippen LogP contribution in [0.4, 0.5) is 10.8 Å². The van der Waals surface area contributed by atoms with E-state index in [4.69, 9.17) is 4.74 Å². The maximum Gasteiger partial charge on any atom is 0.295 e. The molecule has 160 valence electrons. The van der Waals surface area contributed by atoms with E-state index >= 15 is 0 Å². The van der Waals surface area contributed by atoms with Crippen molar-refractivity contribution < 1.29 is 9.53 Å². The minimum absolute atomic E-state index is 0.268. The number of carbonyl (C=O) groups is 1. The first-order valence-electron chi connectivity index (χ1n) is 9.30. The van der Waals surface area contributed by atoms with Gasteiger partial charge in [0.05, 0.1) is 23.2 Å². The minimum atomic E-state index is -0.450. The Hall–Kier alpha value is -2.63. The van der Waals surface area contributed by atoms with E-state index in [1.807, 2.05) is 30.3 Å². The van der Waals surface area contributed by atoms with Crippen molar-refractivity contribution in [1.29, 1.82) is 0 Å². The molecule has 0 unspecified atom stereocenters. The molecule has 0 saturated heterocycles. The Morgan fingerprint density at radius 1 is 1.30 bits per heavy atom. The van der Waals surface area contributed by atoms with E-state index in [9.17, 15) is 9.59 Å². The summed E-state index contributed by atoms with van der Waals surface area (Å²) < 4.78 is 8.92. The molecule has 2 heterocycles. The lowest BCUT2D eigenvalue weighted by atomic mass is 10.3. The van der Waals surface area contributed by atoms with E-state index in [0.717, 1.165) is 5.69 Å². The molecule has 3 rings (SSSR count). The fourth-order valence-electron chi connectivity index (χ4n) is 2.73. The molecule has 0 aliphatic rings. The van der Waals surface area contributed by atoms with Crippen LogP contribution in [-0.2, 0) is 16.6 Å². The van der Waals surface area contributed by atoms with Gasteiger partial charge in [-0.15, -0.1) is 10.2 Å². The highest BCUT2D eigenvalue weighted by Gasteiger charge is 2.22. The molecular formula is C19H24N6O3S2. The maximum atomic E-state index is 12.9. The third-order valence-corrected chi connectivity index (χ3v) is 6.50. The summed E-state index contributed by atoms with van der Waals surface area (Å²) >= 11 is 2.67. The number of nitrogens with zero attached hydrogens (tertiary/aromatic N) is 4. The Kier molecular flexibility index (Phi) is 7.29. The summed E-state index contributed by atoms with van der Waals surface area (Å²) in [6.07, 6.45) is 0. The second-order valence-corrected chi connectivity index (χ2v) is 9.04. The molecule has 0 aliphatic carbocycles. The van der Waals surface area contributed by atoms with Gasteiger partial charge in [0.15, 0.2) is 4.34 Å². The van der Waals surface area contributed by atoms with Gasteiger partial charge in [-0.05, 0) is 26.0 Å². The quantitative estimate of drug-likeness (QED) is 0.383. The molecule has 0 fully saturated rings. The van der Waals surface area contributed by atoms with Gasteiger partial charge in [0.2, 0.25) is 11.0 Å². The smallest absolute Gasteiger partial charge is 0.295 e. The maximum absolute atomic E-state index is 12.9. The normalized spacial score (nSPS) is 12.0. The van der Waals surface area contributed by atoms with Gasteiger partial charge in [-0.3, -0.25) is 14.3 Å². The molecule has 0 spiro atoms. The van der Waals surface area contributed by atoms with Gasteiger partial charge >= 0.3 is 0 Å². The molecular weight excluding hydrogens is 424 g/mol. The van der Waals surface area contributed by atoms with E-state index in [2.05, 4.69) is 20.8 Å². The molecule has 0 bridgehead atoms. The highest BCUT2D eigenvalue weighted by Crippen LogP contribution is 2.29. The number of carbonyl (C=O) groups excluding carboxylic acids is 1. The Morgan fingerprint density at radius 2 is 2.03 bits per heavy atom. The molecule has 11 heteroatoms. The molecule has 3 aromatic rings. The SMILES string of the molecule is COCCNc1nnc(S[C@H](C)C(=O)Nc2c(C)n(C)n(-c3ccccc3)c2=O)s1. The molecule has 1 amide bonds. The third-order valence-electron chi connectivity index (χ3n) is 4.44. The molecule has 0 aliphatic heterocycles. The zero-order chi connectivity index (χ0) is 21.7. The first-order chi connectivity index (χ1) is 14.4. The number of hydrogen-bond acceptors (Lipinski definition) is 8. The van der Waals surface area contributed by atoms with Gasteiger partial charge in [-0.1, -0.05) is 41.3 Å². The summed E-state index contributed by atoms with van der Waals surface area (Å²) in [5, 5.41) is 14.3. The van der Waals surface area contributed by atoms with Crippen molar-refractivity contribution in [3.8, 4) is 5.69 Å². The number of amides is 1. The number of methoxy groups -OCH3 is 1. The Bertz CT molecular complexity index is 1060. The van der Waals surface area contributed by atoms with Crippen LogP contribution in [0.3, 0.4) is 0 Å². The number of nitrogens with one attached hydrogen (secondary N) is 2. The monoisotopic (exact) mass is 448 g/mol. The van der Waals surface area contributed by atoms with Crippen LogP contribution in [0.5, 0.6) is 0 Å². The van der Waals surface area contributed by atoms with E-state index in [-0.39, 0.29) is 17.2 Å². The number of benzene rings is 1. The average molecular weight is 449 g/mol. The first-order valence-corrected chi connectivity index (χ1v) is 11.0. The van der Waals surface area contributed by atoms with Gasteiger partial charge in [0.25, 0.3) is 5.56 Å². The van der Waals surface area contributed by atoms with Crippen molar-refractivity contribution in [3.05, 3.63) is 46.4 Å². The van der Waals surface area contributed by atoms with Crippen LogP contribution in [0.15, 0.2) is 39.5 Å². The number of anilines is 2. The minimum Gasteiger partial charge on any atom is -0.383 e. The zero-order valence-electron chi connectivity index (χ0n) is 17.2. The highest BCUT2D eigenvalue weighted by molar-refractivity contribution is 8.02. The van der Waals surface area contributed by atoms with Crippen LogP contribution in [0.25, 0.3) is 5.69 Å². The first kappa shape index (κ1) is 22.1. The van der Waals surface area contributed by atoms with Crippen molar-refractivity contribution in [2.24, 2.45) is 7.05 Å². The molecule has 30 heavy (non-hydrogen) atoms. The number of rotatable bonds is 9. The second kappa shape index (κ2) is 9.92. The predicted molar refractivity (Wildman–Crippen MR) is 120 cm³/mol. The number of hydrogen-bond donors (Lipinski definition) is 2. The van der Waals surface area contributed by atoms with Crippen molar-refractivity contribution in [3.63, 3.8) is 0 Å². The summed E-state index contributed by atoms with van der Waals surface area (Å²) in [5.74, 6) is -0.268. The molecule has 1 aromatic carbocycles. The lowest BCUT2D eigenvalue weighted by molar-refractivity contribution is -0.115. The predicted octanol–water partition coefficient (Wildman–Crippen LogP) is 2.51. The van der Waals surface area contributed by atoms with Gasteiger partial charge in [0, 0.05) is 20.7 Å². The number of thioether (sulfide) groups is 1. The largest absolute Gasteiger partial charge is 0.383 e. The van der Waals surface area contributed by atoms with Crippen LogP contribution in [0.2, 0.25) is 0 Å². The highest BCUT2D eigenvalue weighted by atomic mass is 32.2. The van der Waals surface area contributed by atoms with Gasteiger partial charge < -0.3 is 15.4 Å². The van der Waals surface area contributed by atoms with Crippen molar-refractivity contribution in [1.82, 2.24) is 19.6 Å². The average Bonchev–Trinajstić information content (AvgIpc) is 3.26. The van der Waals surface area contributed by atoms with Gasteiger partial charge in [0.1, 0.15) is 5.69 Å². The summed E-state index contributed by atoms with van der Waals surface area (Å²) in [6, 6.07) is 9.30. The molecule has 2 aromatic heterocycles. The van der Waals surface area contributed by atoms with E-state index in [1.54, 1.807) is 32.7 Å². The zero-order valence-corrected chi connectivity index (χ0v) is 18.8. The number of ether oxygens (including phenoxy) is 1. The summed E-state index contributed by atoms with van der Waals surface area (Å²) in [4.78, 5) is 25.7. The van der Waals surface area contributed by atoms with E-state index in [0.29, 0.717) is 28.3 Å². The molecule has 2 N–H and O–H groups in total. The standard InChI is InChI=1S/C19H24N6O3S2/c1-12-15(17(27)25(24(12)3)14-8-6-5-7-9-14)21-16(26)13(2)29-19-23-22-18(30-19)20-10-11-28-4/h5-9,13H,10-11H2,1-4H3,(H,20,22)(H,21,26)/t13-/m1/s1. The molecule has 0 saturated carbocycles. The Morgan fingerprint density at radius 3 is 2.73 bits per heavy atom. The Balaban J connectivity index is 1.69. The Labute approximate surface area is 182 Å². The van der Waals surface area contributed by atoms with E-state index in [1.165, 1.54) is 27.8 Å². The third kappa shape index (κ3) is 4.91. The molecule has 0 radical (unpaired) electrons. The summed E-state index contributed by atoms with van der Waals surface area (Å²) in [5.41, 5.74) is 1.42. The lowest BCUT2D eigenvalue weighted by Crippen LogP contribution is -2.27. The summed E-state index contributed by atoms with van der Waals surface area (Å²) in [7, 11) is 3.42. The second-order valence-electron chi connectivity index (χ2n) is 6.48. The summed E-state index contributed by atoms with van der Waals surface area (Å²) in [6.45, 7) is 4.77. The number of para-hydroxylation sites is 1. The van der Waals surface area contributed by atoms with Gasteiger partial charge in [-0.25, -0.2) is 4.68 Å². The number of aromatic nitrogens is 4.